The molecule has 0 spiro atoms. The van der Waals surface area contributed by atoms with Gasteiger partial charge in [-0.3, -0.25) is 19.4 Å². The zero-order valence-corrected chi connectivity index (χ0v) is 23.6. The van der Waals surface area contributed by atoms with E-state index in [4.69, 9.17) is 0 Å². The highest BCUT2D eigenvalue weighted by Gasteiger charge is 2.53. The molecule has 0 N–H and O–H groups in total. The number of para-hydroxylation sites is 1. The molecule has 2 saturated heterocycles. The predicted octanol–water partition coefficient (Wildman–Crippen LogP) is 5.48. The van der Waals surface area contributed by atoms with Crippen molar-refractivity contribution in [1.82, 2.24) is 9.80 Å². The highest BCUT2D eigenvalue weighted by atomic mass is 35.5. The first kappa shape index (κ1) is 28.2. The molecule has 7 heteroatoms. The summed E-state index contributed by atoms with van der Waals surface area (Å²) in [6.45, 7) is 7.52. The molecule has 5 nitrogen and oxygen atoms in total. The zero-order chi connectivity index (χ0) is 25.7. The Bertz CT molecular complexity index is 1180. The number of imide groups is 1. The first-order valence-electron chi connectivity index (χ1n) is 13.3. The van der Waals surface area contributed by atoms with E-state index in [2.05, 4.69) is 41.0 Å². The second-order valence-electron chi connectivity index (χ2n) is 9.75. The molecule has 0 aromatic heterocycles. The summed E-state index contributed by atoms with van der Waals surface area (Å²) in [5, 5.41) is 0. The first-order chi connectivity index (χ1) is 18.1. The minimum absolute atomic E-state index is 0. The van der Waals surface area contributed by atoms with Gasteiger partial charge in [-0.15, -0.1) is 24.2 Å². The monoisotopic (exact) mass is 549 g/mol. The van der Waals surface area contributed by atoms with Gasteiger partial charge in [-0.1, -0.05) is 79.7 Å². The molecule has 3 aromatic carbocycles. The third kappa shape index (κ3) is 5.63. The van der Waals surface area contributed by atoms with E-state index >= 15 is 0 Å². The summed E-state index contributed by atoms with van der Waals surface area (Å²) >= 11 is 1.90. The van der Waals surface area contributed by atoms with Crippen molar-refractivity contribution in [2.75, 3.05) is 49.9 Å². The molecule has 3 aromatic rings. The standard InChI is InChI=1S/C31H35N3O2S.ClH/c1-2-37-28-17-10-9-16-27(28)33-22-20-32(21-23-33)18-11-19-34-29(35)24-31(30(34)36,25-12-5-3-6-13-25)26-14-7-4-8-15-26;/h3-10,12-17H,2,11,18-24H2,1H3;1H. The van der Waals surface area contributed by atoms with Crippen LogP contribution in [-0.2, 0) is 15.0 Å². The van der Waals surface area contributed by atoms with Crippen LogP contribution < -0.4 is 4.90 Å². The predicted molar refractivity (Wildman–Crippen MR) is 158 cm³/mol. The van der Waals surface area contributed by atoms with E-state index in [9.17, 15) is 9.59 Å². The molecule has 5 rings (SSSR count). The quantitative estimate of drug-likeness (QED) is 0.261. The van der Waals surface area contributed by atoms with Gasteiger partial charge in [0.25, 0.3) is 0 Å². The number of thioether (sulfide) groups is 1. The van der Waals surface area contributed by atoms with Gasteiger partial charge in [0, 0.05) is 44.0 Å². The van der Waals surface area contributed by atoms with Crippen molar-refractivity contribution in [1.29, 1.82) is 0 Å². The highest BCUT2D eigenvalue weighted by molar-refractivity contribution is 7.99. The largest absolute Gasteiger partial charge is 0.368 e. The van der Waals surface area contributed by atoms with Crippen LogP contribution in [0.2, 0.25) is 0 Å². The third-order valence-corrected chi connectivity index (χ3v) is 8.54. The lowest BCUT2D eigenvalue weighted by Crippen LogP contribution is -2.47. The Kier molecular flexibility index (Phi) is 9.53. The summed E-state index contributed by atoms with van der Waals surface area (Å²) in [4.78, 5) is 34.9. The summed E-state index contributed by atoms with van der Waals surface area (Å²) in [7, 11) is 0. The fourth-order valence-corrected chi connectivity index (χ4v) is 6.52. The summed E-state index contributed by atoms with van der Waals surface area (Å²) in [5.74, 6) is 0.901. The molecule has 2 aliphatic heterocycles. The maximum absolute atomic E-state index is 13.9. The fourth-order valence-electron chi connectivity index (χ4n) is 5.69. The van der Waals surface area contributed by atoms with Crippen LogP contribution in [0, 0.1) is 0 Å². The van der Waals surface area contributed by atoms with Crippen LogP contribution in [0.1, 0.15) is 30.9 Å². The van der Waals surface area contributed by atoms with E-state index in [1.807, 2.05) is 72.4 Å². The molecule has 0 bridgehead atoms. The van der Waals surface area contributed by atoms with E-state index in [1.165, 1.54) is 15.5 Å². The van der Waals surface area contributed by atoms with Crippen molar-refractivity contribution < 1.29 is 9.59 Å². The molecule has 0 saturated carbocycles. The molecule has 0 radical (unpaired) electrons. The second-order valence-corrected chi connectivity index (χ2v) is 11.1. The van der Waals surface area contributed by atoms with Crippen LogP contribution in [0.25, 0.3) is 0 Å². The number of piperazine rings is 1. The van der Waals surface area contributed by atoms with Crippen molar-refractivity contribution in [2.45, 2.75) is 30.1 Å². The van der Waals surface area contributed by atoms with Crippen molar-refractivity contribution in [3.05, 3.63) is 96.1 Å². The topological polar surface area (TPSA) is 43.9 Å². The van der Waals surface area contributed by atoms with Gasteiger partial charge in [-0.05, 0) is 42.0 Å². The molecule has 0 atom stereocenters. The maximum atomic E-state index is 13.9. The first-order valence-corrected chi connectivity index (χ1v) is 14.3. The Labute approximate surface area is 236 Å². The number of benzene rings is 3. The molecule has 2 fully saturated rings. The van der Waals surface area contributed by atoms with Crippen LogP contribution in [-0.4, -0.2) is 66.6 Å². The van der Waals surface area contributed by atoms with Gasteiger partial charge < -0.3 is 4.90 Å². The number of likely N-dealkylation sites (tertiary alicyclic amines) is 1. The van der Waals surface area contributed by atoms with E-state index in [-0.39, 0.29) is 30.6 Å². The molecular weight excluding hydrogens is 514 g/mol. The third-order valence-electron chi connectivity index (χ3n) is 7.60. The number of nitrogens with zero attached hydrogens (tertiary/aromatic N) is 3. The van der Waals surface area contributed by atoms with Crippen LogP contribution in [0.4, 0.5) is 5.69 Å². The molecule has 0 aliphatic carbocycles. The molecular formula is C31H36ClN3O2S. The molecule has 2 aliphatic rings. The summed E-state index contributed by atoms with van der Waals surface area (Å²) in [6, 6.07) is 28.2. The van der Waals surface area contributed by atoms with Gasteiger partial charge in [0.05, 0.1) is 5.69 Å². The Morgan fingerprint density at radius 1 is 0.763 bits per heavy atom. The van der Waals surface area contributed by atoms with Gasteiger partial charge >= 0.3 is 0 Å². The second kappa shape index (κ2) is 12.8. The van der Waals surface area contributed by atoms with Gasteiger partial charge in [0.15, 0.2) is 0 Å². The van der Waals surface area contributed by atoms with E-state index in [0.717, 1.165) is 56.0 Å². The molecule has 0 unspecified atom stereocenters. The summed E-state index contributed by atoms with van der Waals surface area (Å²) < 4.78 is 0. The smallest absolute Gasteiger partial charge is 0.244 e. The van der Waals surface area contributed by atoms with Crippen molar-refractivity contribution in [2.24, 2.45) is 0 Å². The minimum Gasteiger partial charge on any atom is -0.368 e. The number of carbonyl (C=O) groups is 2. The van der Waals surface area contributed by atoms with E-state index in [0.29, 0.717) is 6.54 Å². The average molecular weight is 550 g/mol. The van der Waals surface area contributed by atoms with Gasteiger partial charge in [0.2, 0.25) is 11.8 Å². The van der Waals surface area contributed by atoms with Gasteiger partial charge in [-0.25, -0.2) is 0 Å². The van der Waals surface area contributed by atoms with Crippen LogP contribution in [0.15, 0.2) is 89.8 Å². The Morgan fingerprint density at radius 3 is 1.95 bits per heavy atom. The SMILES string of the molecule is CCSc1ccccc1N1CCN(CCCN2C(=O)CC(c3ccccc3)(c3ccccc3)C2=O)CC1.Cl. The van der Waals surface area contributed by atoms with Gasteiger partial charge in [-0.2, -0.15) is 0 Å². The zero-order valence-electron chi connectivity index (χ0n) is 21.9. The molecule has 200 valence electrons. The van der Waals surface area contributed by atoms with Gasteiger partial charge in [0.1, 0.15) is 5.41 Å². The lowest BCUT2D eigenvalue weighted by Gasteiger charge is -2.37. The summed E-state index contributed by atoms with van der Waals surface area (Å²) in [6.07, 6.45) is 0.979. The van der Waals surface area contributed by atoms with Crippen LogP contribution >= 0.6 is 24.2 Å². The Morgan fingerprint density at radius 2 is 1.34 bits per heavy atom. The molecule has 2 heterocycles. The van der Waals surface area contributed by atoms with E-state index in [1.54, 1.807) is 0 Å². The molecule has 2 amide bonds. The van der Waals surface area contributed by atoms with Crippen LogP contribution in [0.5, 0.6) is 0 Å². The number of carbonyl (C=O) groups excluding carboxylic acids is 2. The minimum atomic E-state index is -0.935. The fraction of sp³-hybridized carbons (Fsp3) is 0.355. The number of amides is 2. The van der Waals surface area contributed by atoms with Crippen LogP contribution in [0.3, 0.4) is 0 Å². The van der Waals surface area contributed by atoms with Crippen molar-refractivity contribution >= 4 is 41.7 Å². The molecule has 38 heavy (non-hydrogen) atoms. The average Bonchev–Trinajstić information content (AvgIpc) is 3.21. The number of rotatable bonds is 9. The lowest BCUT2D eigenvalue weighted by atomic mass is 9.73. The highest BCUT2D eigenvalue weighted by Crippen LogP contribution is 2.42. The summed E-state index contributed by atoms with van der Waals surface area (Å²) in [5.41, 5.74) is 2.18. The lowest BCUT2D eigenvalue weighted by molar-refractivity contribution is -0.139. The number of halogens is 1. The number of anilines is 1. The normalized spacial score (nSPS) is 17.5. The maximum Gasteiger partial charge on any atom is 0.244 e. The number of hydrogen-bond donors (Lipinski definition) is 0. The Hall–Kier alpha value is -2.80. The van der Waals surface area contributed by atoms with E-state index < -0.39 is 5.41 Å². The van der Waals surface area contributed by atoms with Crippen molar-refractivity contribution in [3.8, 4) is 0 Å². The Balaban J connectivity index is 0.00000336. The van der Waals surface area contributed by atoms with Crippen molar-refractivity contribution in [3.63, 3.8) is 0 Å². The number of hydrogen-bond acceptors (Lipinski definition) is 5.